The van der Waals surface area contributed by atoms with Crippen LogP contribution >= 0.6 is 12.6 Å². The van der Waals surface area contributed by atoms with Crippen molar-refractivity contribution in [2.24, 2.45) is 29.4 Å². The number of hydrogen-bond acceptors (Lipinski definition) is 13. The van der Waals surface area contributed by atoms with Gasteiger partial charge in [0.2, 0.25) is 47.3 Å². The highest BCUT2D eigenvalue weighted by Crippen LogP contribution is 2.22. The van der Waals surface area contributed by atoms with Gasteiger partial charge in [-0.2, -0.15) is 12.6 Å². The number of rotatable bonds is 27. The van der Waals surface area contributed by atoms with E-state index in [2.05, 4.69) is 49.8 Å². The zero-order valence-electron chi connectivity index (χ0n) is 40.7. The number of phenolic OH excluding ortho intramolecular Hbond substituents is 1. The molecule has 1 heterocycles. The number of thiol groups is 1. The first-order valence-electron chi connectivity index (χ1n) is 23.3. The summed E-state index contributed by atoms with van der Waals surface area (Å²) in [6.07, 6.45) is 0.191. The molecule has 1 saturated heterocycles. The van der Waals surface area contributed by atoms with Gasteiger partial charge in [-0.05, 0) is 74.0 Å². The minimum Gasteiger partial charge on any atom is -0.508 e. The number of aliphatic carboxylic acids is 1. The van der Waals surface area contributed by atoms with Gasteiger partial charge in [-0.1, -0.05) is 73.9 Å². The summed E-state index contributed by atoms with van der Waals surface area (Å²) in [6, 6.07) is -3.45. The highest BCUT2D eigenvalue weighted by atomic mass is 32.1. The van der Waals surface area contributed by atoms with Crippen LogP contribution in [0.1, 0.15) is 100.0 Å². The van der Waals surface area contributed by atoms with Crippen LogP contribution in [-0.2, 0) is 49.6 Å². The van der Waals surface area contributed by atoms with E-state index in [1.807, 2.05) is 27.7 Å². The molecule has 1 aliphatic heterocycles. The lowest BCUT2D eigenvalue weighted by Crippen LogP contribution is -2.61. The Balaban J connectivity index is 2.14. The van der Waals surface area contributed by atoms with Gasteiger partial charge in [0.1, 0.15) is 48.0 Å². The Labute approximate surface area is 404 Å². The molecule has 68 heavy (non-hydrogen) atoms. The van der Waals surface area contributed by atoms with E-state index in [9.17, 15) is 58.5 Å². The fourth-order valence-corrected chi connectivity index (χ4v) is 7.70. The Kier molecular flexibility index (Phi) is 24.2. The van der Waals surface area contributed by atoms with Crippen molar-refractivity contribution in [1.82, 2.24) is 42.1 Å². The molecule has 0 saturated carbocycles. The predicted molar refractivity (Wildman–Crippen MR) is 255 cm³/mol. The van der Waals surface area contributed by atoms with Gasteiger partial charge < -0.3 is 63.2 Å². The number of benzene rings is 1. The molecule has 1 aromatic rings. The molecule has 12 N–H and O–H groups in total. The minimum atomic E-state index is -1.62. The molecular weight excluding hydrogens is 903 g/mol. The van der Waals surface area contributed by atoms with Crippen LogP contribution in [0.15, 0.2) is 24.3 Å². The summed E-state index contributed by atoms with van der Waals surface area (Å²) in [5.41, 5.74) is 6.84. The van der Waals surface area contributed by atoms with Gasteiger partial charge in [0.25, 0.3) is 0 Å². The zero-order valence-corrected chi connectivity index (χ0v) is 41.6. The molecule has 382 valence electrons. The molecular formula is C46H75N9O12S. The van der Waals surface area contributed by atoms with Crippen molar-refractivity contribution in [3.63, 3.8) is 0 Å². The molecule has 8 amide bonds. The van der Waals surface area contributed by atoms with Crippen molar-refractivity contribution < 1.29 is 58.5 Å². The molecule has 0 bridgehead atoms. The number of nitrogens with zero attached hydrogens (tertiary/aromatic N) is 1. The molecule has 1 fully saturated rings. The quantitative estimate of drug-likeness (QED) is 0.0494. The Morgan fingerprint density at radius 1 is 0.721 bits per heavy atom. The number of nitrogens with one attached hydrogen (secondary N) is 7. The average Bonchev–Trinajstić information content (AvgIpc) is 3.77. The topological polar surface area (TPSA) is 328 Å². The molecule has 10 atom stereocenters. The molecule has 0 unspecified atom stereocenters. The number of hydrogen-bond donors (Lipinski definition) is 12. The number of aliphatic hydroxyl groups excluding tert-OH is 1. The van der Waals surface area contributed by atoms with Crippen LogP contribution in [0.5, 0.6) is 5.75 Å². The Morgan fingerprint density at radius 2 is 1.28 bits per heavy atom. The smallest absolute Gasteiger partial charge is 0.326 e. The van der Waals surface area contributed by atoms with Crippen LogP contribution < -0.4 is 43.0 Å². The van der Waals surface area contributed by atoms with Crippen molar-refractivity contribution in [2.45, 2.75) is 155 Å². The maximum Gasteiger partial charge on any atom is 0.326 e. The second-order valence-corrected chi connectivity index (χ2v) is 19.1. The third-order valence-electron chi connectivity index (χ3n) is 11.6. The van der Waals surface area contributed by atoms with Crippen molar-refractivity contribution in [3.8, 4) is 5.75 Å². The van der Waals surface area contributed by atoms with Gasteiger partial charge in [0.15, 0.2) is 0 Å². The first-order valence-corrected chi connectivity index (χ1v) is 23.9. The number of carbonyl (C=O) groups is 9. The van der Waals surface area contributed by atoms with Crippen LogP contribution in [-0.4, -0.2) is 147 Å². The Morgan fingerprint density at radius 3 is 1.81 bits per heavy atom. The fourth-order valence-electron chi connectivity index (χ4n) is 7.44. The van der Waals surface area contributed by atoms with Gasteiger partial charge in [0, 0.05) is 18.7 Å². The van der Waals surface area contributed by atoms with E-state index in [1.165, 1.54) is 24.0 Å². The van der Waals surface area contributed by atoms with E-state index < -0.39 is 120 Å². The number of nitrogens with two attached hydrogens (primary N) is 1. The molecule has 0 aliphatic carbocycles. The maximum absolute atomic E-state index is 14.2. The Bertz CT molecular complexity index is 1900. The predicted octanol–water partition coefficient (Wildman–Crippen LogP) is -0.532. The van der Waals surface area contributed by atoms with E-state index in [-0.39, 0.29) is 61.5 Å². The fraction of sp³-hybridized carbons (Fsp3) is 0.674. The molecule has 0 spiro atoms. The Hall–Kier alpha value is -5.48. The van der Waals surface area contributed by atoms with E-state index in [0.29, 0.717) is 18.4 Å². The van der Waals surface area contributed by atoms with E-state index in [4.69, 9.17) is 5.73 Å². The van der Waals surface area contributed by atoms with Gasteiger partial charge >= 0.3 is 5.97 Å². The summed E-state index contributed by atoms with van der Waals surface area (Å²) in [5.74, 6) is -8.32. The van der Waals surface area contributed by atoms with Crippen molar-refractivity contribution in [1.29, 1.82) is 0 Å². The summed E-state index contributed by atoms with van der Waals surface area (Å²) in [5, 5.41) is 47.5. The molecule has 21 nitrogen and oxygen atoms in total. The van der Waals surface area contributed by atoms with Gasteiger partial charge in [-0.15, -0.1) is 0 Å². The van der Waals surface area contributed by atoms with E-state index in [1.54, 1.807) is 39.8 Å². The molecule has 0 radical (unpaired) electrons. The number of carbonyl (C=O) groups excluding carboxylic acids is 8. The third kappa shape index (κ3) is 18.5. The second-order valence-electron chi connectivity index (χ2n) is 18.7. The highest BCUT2D eigenvalue weighted by molar-refractivity contribution is 7.80. The lowest BCUT2D eigenvalue weighted by atomic mass is 9.98. The zero-order chi connectivity index (χ0) is 51.6. The number of phenols is 1. The molecule has 1 aromatic carbocycles. The van der Waals surface area contributed by atoms with Crippen LogP contribution in [0.3, 0.4) is 0 Å². The summed E-state index contributed by atoms with van der Waals surface area (Å²) in [4.78, 5) is 121. The van der Waals surface area contributed by atoms with Gasteiger partial charge in [-0.25, -0.2) is 4.79 Å². The van der Waals surface area contributed by atoms with E-state index >= 15 is 0 Å². The van der Waals surface area contributed by atoms with E-state index in [0.717, 1.165) is 0 Å². The molecule has 22 heteroatoms. The third-order valence-corrected chi connectivity index (χ3v) is 12.0. The van der Waals surface area contributed by atoms with Crippen molar-refractivity contribution >= 4 is 65.9 Å². The molecule has 1 aliphatic rings. The average molecular weight is 978 g/mol. The number of aliphatic hydroxyl groups is 1. The summed E-state index contributed by atoms with van der Waals surface area (Å²) in [7, 11) is 0. The normalized spacial score (nSPS) is 17.6. The standard InChI is InChI=1S/C46H75N9O12S/c1-10-26(8)36(47)42(62)51-31(20-28-13-15-29(57)16-14-28)45(65)55-17-11-12-34(55)41(61)50-30(18-23(2)3)39(59)48-21-35(58)49-33(22-68)40(60)54-38(27(9)56)44(64)53-37(25(6)7)43(63)52-32(46(66)67)19-24(4)5/h13-16,23-27,30-34,36-38,56-57,68H,10-12,17-22,47H2,1-9H3,(H,48,59)(H,49,58)(H,50,61)(H,51,62)(H,52,63)(H,53,64)(H,54,60)(H,66,67)/t26-,27+,30-,31-,32-,33-,34-,36-,37-,38-/m0/s1. The number of carboxylic acid groups (broad SMARTS) is 1. The van der Waals surface area contributed by atoms with Gasteiger partial charge in [-0.3, -0.25) is 38.4 Å². The monoisotopic (exact) mass is 978 g/mol. The first kappa shape index (κ1) is 58.6. The lowest BCUT2D eigenvalue weighted by Gasteiger charge is -2.31. The van der Waals surface area contributed by atoms with Crippen LogP contribution in [0, 0.1) is 23.7 Å². The summed E-state index contributed by atoms with van der Waals surface area (Å²) < 4.78 is 0. The second kappa shape index (κ2) is 28.1. The van der Waals surface area contributed by atoms with Gasteiger partial charge in [0.05, 0.1) is 18.7 Å². The maximum atomic E-state index is 14.2. The van der Waals surface area contributed by atoms with Crippen LogP contribution in [0.4, 0.5) is 0 Å². The van der Waals surface area contributed by atoms with Crippen LogP contribution in [0.25, 0.3) is 0 Å². The largest absolute Gasteiger partial charge is 0.508 e. The number of likely N-dealkylation sites (tertiary alicyclic amines) is 1. The van der Waals surface area contributed by atoms with Crippen molar-refractivity contribution in [3.05, 3.63) is 29.8 Å². The summed E-state index contributed by atoms with van der Waals surface area (Å²) >= 11 is 4.16. The van der Waals surface area contributed by atoms with Crippen LogP contribution in [0.2, 0.25) is 0 Å². The SMILES string of the molecule is CC[C@H](C)[C@H](N)C(=O)N[C@@H](Cc1ccc(O)cc1)C(=O)N1CCC[C@H]1C(=O)N[C@@H](CC(C)C)C(=O)NCC(=O)N[C@@H](CS)C(=O)N[C@H](C(=O)N[C@H](C(=O)N[C@@H](CC(C)C)C(=O)O)C(C)C)[C@@H](C)O. The minimum absolute atomic E-state index is 0.0191. The summed E-state index contributed by atoms with van der Waals surface area (Å²) in [6.45, 7) is 14.9. The molecule has 0 aromatic heterocycles. The number of carboxylic acids is 1. The van der Waals surface area contributed by atoms with Crippen molar-refractivity contribution in [2.75, 3.05) is 18.8 Å². The number of amides is 8. The molecule has 2 rings (SSSR count). The first-order chi connectivity index (χ1) is 31.8. The lowest BCUT2D eigenvalue weighted by molar-refractivity contribution is -0.143. The highest BCUT2D eigenvalue weighted by Gasteiger charge is 2.40. The number of aromatic hydroxyl groups is 1.